The summed E-state index contributed by atoms with van der Waals surface area (Å²) in [5.74, 6) is 0. The van der Waals surface area contributed by atoms with Gasteiger partial charge < -0.3 is 14.6 Å². The van der Waals surface area contributed by atoms with E-state index in [0.717, 1.165) is 38.0 Å². The van der Waals surface area contributed by atoms with Gasteiger partial charge in [0.2, 0.25) is 0 Å². The van der Waals surface area contributed by atoms with Gasteiger partial charge in [0, 0.05) is 31.2 Å². The Morgan fingerprint density at radius 2 is 1.95 bits per heavy atom. The average molecular weight is 273 g/mol. The van der Waals surface area contributed by atoms with E-state index in [0.29, 0.717) is 6.61 Å². The first kappa shape index (κ1) is 14.8. The number of imidazole rings is 1. The summed E-state index contributed by atoms with van der Waals surface area (Å²) in [7, 11) is 2.14. The highest BCUT2D eigenvalue weighted by Gasteiger charge is 2.01. The van der Waals surface area contributed by atoms with Crippen LogP contribution in [0.1, 0.15) is 24.8 Å². The van der Waals surface area contributed by atoms with Gasteiger partial charge >= 0.3 is 0 Å². The lowest BCUT2D eigenvalue weighted by molar-refractivity contribution is 0.271. The van der Waals surface area contributed by atoms with Gasteiger partial charge in [0.1, 0.15) is 0 Å². The minimum Gasteiger partial charge on any atom is -0.396 e. The highest BCUT2D eigenvalue weighted by molar-refractivity contribution is 5.34. The van der Waals surface area contributed by atoms with Crippen LogP contribution in [-0.4, -0.2) is 39.8 Å². The van der Waals surface area contributed by atoms with E-state index in [1.807, 2.05) is 17.1 Å². The van der Waals surface area contributed by atoms with Crippen LogP contribution in [0.5, 0.6) is 0 Å². The topological polar surface area (TPSA) is 41.3 Å². The third-order valence-electron chi connectivity index (χ3n) is 3.39. The van der Waals surface area contributed by atoms with Gasteiger partial charge in [0.05, 0.1) is 6.33 Å². The summed E-state index contributed by atoms with van der Waals surface area (Å²) >= 11 is 0. The van der Waals surface area contributed by atoms with E-state index in [4.69, 9.17) is 5.11 Å². The van der Waals surface area contributed by atoms with E-state index >= 15 is 0 Å². The van der Waals surface area contributed by atoms with E-state index in [-0.39, 0.29) is 0 Å². The molecule has 0 saturated heterocycles. The molecule has 20 heavy (non-hydrogen) atoms. The molecule has 2 aromatic rings. The quantitative estimate of drug-likeness (QED) is 0.751. The van der Waals surface area contributed by atoms with E-state index in [1.54, 1.807) is 6.20 Å². The smallest absolute Gasteiger partial charge is 0.0991 e. The van der Waals surface area contributed by atoms with Crippen molar-refractivity contribution in [3.8, 4) is 5.69 Å². The maximum absolute atomic E-state index is 8.75. The van der Waals surface area contributed by atoms with Crippen LogP contribution in [0, 0.1) is 0 Å². The Balaban J connectivity index is 1.81. The predicted molar refractivity (Wildman–Crippen MR) is 80.8 cm³/mol. The Labute approximate surface area is 120 Å². The summed E-state index contributed by atoms with van der Waals surface area (Å²) in [6.45, 7) is 2.34. The number of aliphatic hydroxyl groups is 1. The second-order valence-corrected chi connectivity index (χ2v) is 5.16. The van der Waals surface area contributed by atoms with Crippen molar-refractivity contribution in [2.45, 2.75) is 25.8 Å². The van der Waals surface area contributed by atoms with Gasteiger partial charge in [-0.1, -0.05) is 12.1 Å². The monoisotopic (exact) mass is 273 g/mol. The van der Waals surface area contributed by atoms with E-state index < -0.39 is 0 Å². The number of hydrogen-bond donors (Lipinski definition) is 1. The third kappa shape index (κ3) is 4.47. The highest BCUT2D eigenvalue weighted by Crippen LogP contribution is 2.11. The van der Waals surface area contributed by atoms with Crippen molar-refractivity contribution in [1.82, 2.24) is 14.5 Å². The van der Waals surface area contributed by atoms with Gasteiger partial charge in [0.15, 0.2) is 0 Å². The predicted octanol–water partition coefficient (Wildman–Crippen LogP) is 2.47. The number of unbranched alkanes of at least 4 members (excludes halogenated alkanes) is 2. The first-order chi connectivity index (χ1) is 9.79. The Morgan fingerprint density at radius 1 is 1.15 bits per heavy atom. The van der Waals surface area contributed by atoms with Gasteiger partial charge in [-0.15, -0.1) is 0 Å². The molecule has 0 unspecified atom stereocenters. The maximum atomic E-state index is 8.75. The summed E-state index contributed by atoms with van der Waals surface area (Å²) in [5.41, 5.74) is 2.45. The molecule has 0 bridgehead atoms. The minimum absolute atomic E-state index is 0.305. The SMILES string of the molecule is CN(CCCCCO)Cc1ccc(-n2ccnc2)cc1. The van der Waals surface area contributed by atoms with Crippen molar-refractivity contribution < 1.29 is 5.11 Å². The first-order valence-corrected chi connectivity index (χ1v) is 7.16. The van der Waals surface area contributed by atoms with Crippen LogP contribution >= 0.6 is 0 Å². The lowest BCUT2D eigenvalue weighted by atomic mass is 10.2. The van der Waals surface area contributed by atoms with E-state index in [2.05, 4.69) is 41.2 Å². The molecule has 4 heteroatoms. The second-order valence-electron chi connectivity index (χ2n) is 5.16. The molecular formula is C16H23N3O. The number of aromatic nitrogens is 2. The molecule has 1 aromatic carbocycles. The number of aliphatic hydroxyl groups excluding tert-OH is 1. The Bertz CT molecular complexity index is 479. The van der Waals surface area contributed by atoms with Crippen molar-refractivity contribution in [1.29, 1.82) is 0 Å². The molecule has 108 valence electrons. The maximum Gasteiger partial charge on any atom is 0.0991 e. The zero-order valence-electron chi connectivity index (χ0n) is 12.1. The fourth-order valence-corrected chi connectivity index (χ4v) is 2.25. The van der Waals surface area contributed by atoms with Gasteiger partial charge in [-0.25, -0.2) is 4.98 Å². The molecule has 0 aliphatic heterocycles. The van der Waals surface area contributed by atoms with Crippen LogP contribution in [0.2, 0.25) is 0 Å². The Morgan fingerprint density at radius 3 is 2.60 bits per heavy atom. The fourth-order valence-electron chi connectivity index (χ4n) is 2.25. The molecule has 0 saturated carbocycles. The number of rotatable bonds is 8. The van der Waals surface area contributed by atoms with E-state index in [1.165, 1.54) is 5.56 Å². The molecule has 4 nitrogen and oxygen atoms in total. The van der Waals surface area contributed by atoms with Crippen molar-refractivity contribution in [2.24, 2.45) is 0 Å². The molecule has 0 aliphatic carbocycles. The van der Waals surface area contributed by atoms with E-state index in [9.17, 15) is 0 Å². The summed E-state index contributed by atoms with van der Waals surface area (Å²) < 4.78 is 2.00. The lowest BCUT2D eigenvalue weighted by Gasteiger charge is -2.16. The Kier molecular flexibility index (Phi) is 5.77. The van der Waals surface area contributed by atoms with Crippen LogP contribution in [0.25, 0.3) is 5.69 Å². The molecule has 0 radical (unpaired) electrons. The normalized spacial score (nSPS) is 11.2. The molecule has 0 spiro atoms. The van der Waals surface area contributed by atoms with Crippen LogP contribution < -0.4 is 0 Å². The van der Waals surface area contributed by atoms with Crippen LogP contribution in [0.15, 0.2) is 43.0 Å². The molecule has 0 aliphatic rings. The second kappa shape index (κ2) is 7.82. The zero-order valence-corrected chi connectivity index (χ0v) is 12.1. The van der Waals surface area contributed by atoms with Crippen molar-refractivity contribution in [3.05, 3.63) is 48.5 Å². The molecule has 0 fully saturated rings. The summed E-state index contributed by atoms with van der Waals surface area (Å²) in [5, 5.41) is 8.75. The summed E-state index contributed by atoms with van der Waals surface area (Å²) in [6, 6.07) is 8.58. The van der Waals surface area contributed by atoms with Gasteiger partial charge in [-0.3, -0.25) is 0 Å². The van der Waals surface area contributed by atoms with Crippen molar-refractivity contribution >= 4 is 0 Å². The van der Waals surface area contributed by atoms with Crippen LogP contribution in [0.4, 0.5) is 0 Å². The van der Waals surface area contributed by atoms with Crippen LogP contribution in [-0.2, 0) is 6.54 Å². The molecular weight excluding hydrogens is 250 g/mol. The zero-order chi connectivity index (χ0) is 14.2. The first-order valence-electron chi connectivity index (χ1n) is 7.16. The van der Waals surface area contributed by atoms with Crippen molar-refractivity contribution in [2.75, 3.05) is 20.2 Å². The lowest BCUT2D eigenvalue weighted by Crippen LogP contribution is -2.19. The van der Waals surface area contributed by atoms with Gasteiger partial charge in [-0.05, 0) is 50.6 Å². The molecule has 2 rings (SSSR count). The van der Waals surface area contributed by atoms with Gasteiger partial charge in [-0.2, -0.15) is 0 Å². The minimum atomic E-state index is 0.305. The fraction of sp³-hybridized carbons (Fsp3) is 0.438. The largest absolute Gasteiger partial charge is 0.396 e. The number of benzene rings is 1. The summed E-state index contributed by atoms with van der Waals surface area (Å²) in [4.78, 5) is 6.38. The number of nitrogens with zero attached hydrogens (tertiary/aromatic N) is 3. The van der Waals surface area contributed by atoms with Crippen molar-refractivity contribution in [3.63, 3.8) is 0 Å². The average Bonchev–Trinajstić information content (AvgIpc) is 2.99. The third-order valence-corrected chi connectivity index (χ3v) is 3.39. The molecule has 1 heterocycles. The highest BCUT2D eigenvalue weighted by atomic mass is 16.2. The Hall–Kier alpha value is -1.65. The summed E-state index contributed by atoms with van der Waals surface area (Å²) in [6.07, 6.45) is 8.69. The number of hydrogen-bond acceptors (Lipinski definition) is 3. The molecule has 1 aromatic heterocycles. The van der Waals surface area contributed by atoms with Crippen LogP contribution in [0.3, 0.4) is 0 Å². The molecule has 1 N–H and O–H groups in total. The molecule has 0 atom stereocenters. The molecule has 0 amide bonds. The standard InChI is InChI=1S/C16H23N3O/c1-18(10-3-2-4-12-20)13-15-5-7-16(8-6-15)19-11-9-17-14-19/h5-9,11,14,20H,2-4,10,12-13H2,1H3. The van der Waals surface area contributed by atoms with Gasteiger partial charge in [0.25, 0.3) is 0 Å².